The first-order chi connectivity index (χ1) is 14.3. The minimum atomic E-state index is -5.15. The van der Waals surface area contributed by atoms with Gasteiger partial charge in [-0.25, -0.2) is 9.37 Å². The number of hydrogen-bond donors (Lipinski definition) is 2. The Balaban J connectivity index is 2.27. The number of nitrogens with one attached hydrogen (secondary N) is 1. The van der Waals surface area contributed by atoms with Gasteiger partial charge in [0.1, 0.15) is 18.0 Å². The average molecular weight is 475 g/mol. The lowest BCUT2D eigenvalue weighted by atomic mass is 10.1. The predicted octanol–water partition coefficient (Wildman–Crippen LogP) is 4.19. The molecule has 2 aromatic rings. The molecule has 5 nitrogen and oxygen atoms in total. The van der Waals surface area contributed by atoms with Crippen LogP contribution in [-0.4, -0.2) is 28.7 Å². The van der Waals surface area contributed by atoms with Gasteiger partial charge in [0.2, 0.25) is 5.88 Å². The maximum Gasteiger partial charge on any atom is 0.471 e. The highest BCUT2D eigenvalue weighted by Crippen LogP contribution is 2.37. The van der Waals surface area contributed by atoms with Crippen molar-refractivity contribution in [3.63, 3.8) is 0 Å². The number of hydrogen-bond acceptors (Lipinski definition) is 4. The van der Waals surface area contributed by atoms with Gasteiger partial charge in [-0.05, 0) is 30.2 Å². The van der Waals surface area contributed by atoms with Crippen LogP contribution in [0.5, 0.6) is 5.88 Å². The van der Waals surface area contributed by atoms with Crippen molar-refractivity contribution < 1.29 is 45.4 Å². The van der Waals surface area contributed by atoms with E-state index in [4.69, 9.17) is 16.3 Å². The fraction of sp³-hybridized carbons (Fsp3) is 0.333. The minimum absolute atomic E-state index is 0.0693. The summed E-state index contributed by atoms with van der Waals surface area (Å²) in [4.78, 5) is 14.4. The van der Waals surface area contributed by atoms with Crippen molar-refractivity contribution in [1.82, 2.24) is 10.3 Å². The number of alkyl halides is 6. The van der Waals surface area contributed by atoms with Crippen molar-refractivity contribution in [2.24, 2.45) is 0 Å². The first-order valence-corrected chi connectivity index (χ1v) is 8.83. The Kier molecular flexibility index (Phi) is 7.71. The molecule has 2 rings (SSSR count). The van der Waals surface area contributed by atoms with Crippen LogP contribution in [0.3, 0.4) is 0 Å². The third-order valence-electron chi connectivity index (χ3n) is 3.93. The first-order valence-electron chi connectivity index (χ1n) is 8.45. The molecule has 0 aliphatic heterocycles. The largest absolute Gasteiger partial charge is 0.472 e. The number of benzene rings is 1. The number of aliphatic hydroxyl groups is 1. The van der Waals surface area contributed by atoms with Gasteiger partial charge in [-0.1, -0.05) is 17.7 Å². The summed E-state index contributed by atoms with van der Waals surface area (Å²) in [6.45, 7) is -2.14. The average Bonchev–Trinajstić information content (AvgIpc) is 2.65. The summed E-state index contributed by atoms with van der Waals surface area (Å²) in [5.74, 6) is -4.03. The van der Waals surface area contributed by atoms with Crippen LogP contribution in [0, 0.1) is 5.82 Å². The first kappa shape index (κ1) is 24.7. The van der Waals surface area contributed by atoms with Crippen molar-refractivity contribution >= 4 is 17.5 Å². The lowest BCUT2D eigenvalue weighted by molar-refractivity contribution is -0.173. The van der Waals surface area contributed by atoms with Gasteiger partial charge in [-0.2, -0.15) is 26.3 Å². The summed E-state index contributed by atoms with van der Waals surface area (Å²) in [5, 5.41) is 11.0. The summed E-state index contributed by atoms with van der Waals surface area (Å²) in [7, 11) is 0. The van der Waals surface area contributed by atoms with Crippen LogP contribution in [-0.2, 0) is 30.6 Å². The maximum atomic E-state index is 13.8. The Morgan fingerprint density at radius 3 is 2.35 bits per heavy atom. The second kappa shape index (κ2) is 9.69. The van der Waals surface area contributed by atoms with E-state index in [0.717, 1.165) is 6.07 Å². The number of carbonyl (C=O) groups excluding carboxylic acids is 1. The molecule has 0 atom stereocenters. The zero-order valence-corrected chi connectivity index (χ0v) is 16.1. The number of ether oxygens (including phenoxy) is 1. The highest BCUT2D eigenvalue weighted by molar-refractivity contribution is 6.30. The molecule has 1 amide bonds. The Labute approximate surface area is 175 Å². The van der Waals surface area contributed by atoms with Gasteiger partial charge in [0.05, 0.1) is 12.3 Å². The zero-order valence-electron chi connectivity index (χ0n) is 15.4. The van der Waals surface area contributed by atoms with Crippen LogP contribution in [0.25, 0.3) is 0 Å². The molecule has 0 fully saturated rings. The summed E-state index contributed by atoms with van der Waals surface area (Å²) >= 11 is 5.60. The van der Waals surface area contributed by atoms with E-state index in [1.54, 1.807) is 0 Å². The Morgan fingerprint density at radius 1 is 1.13 bits per heavy atom. The number of nitrogens with zero attached hydrogens (tertiary/aromatic N) is 1. The number of halogens is 8. The molecule has 0 unspecified atom stereocenters. The van der Waals surface area contributed by atoms with E-state index in [-0.39, 0.29) is 21.8 Å². The van der Waals surface area contributed by atoms with Crippen LogP contribution in [0.2, 0.25) is 5.02 Å². The Bertz CT molecular complexity index is 949. The Hall–Kier alpha value is -2.60. The van der Waals surface area contributed by atoms with Crippen LogP contribution in [0.1, 0.15) is 22.4 Å². The molecule has 0 saturated heterocycles. The number of pyridine rings is 1. The van der Waals surface area contributed by atoms with E-state index in [0.29, 0.717) is 6.07 Å². The van der Waals surface area contributed by atoms with Gasteiger partial charge in [-0.3, -0.25) is 4.79 Å². The fourth-order valence-corrected chi connectivity index (χ4v) is 2.59. The number of carbonyl (C=O) groups is 1. The quantitative estimate of drug-likeness (QED) is 0.591. The van der Waals surface area contributed by atoms with Gasteiger partial charge >= 0.3 is 18.3 Å². The summed E-state index contributed by atoms with van der Waals surface area (Å²) in [5.41, 5.74) is -2.04. The van der Waals surface area contributed by atoms with E-state index < -0.39 is 61.7 Å². The van der Waals surface area contributed by atoms with Gasteiger partial charge in [0, 0.05) is 17.1 Å². The van der Waals surface area contributed by atoms with Crippen molar-refractivity contribution in [1.29, 1.82) is 0 Å². The minimum Gasteiger partial charge on any atom is -0.472 e. The summed E-state index contributed by atoms with van der Waals surface area (Å²) in [6.07, 6.45) is -10.6. The monoisotopic (exact) mass is 474 g/mol. The van der Waals surface area contributed by atoms with Crippen LogP contribution in [0.4, 0.5) is 30.7 Å². The van der Waals surface area contributed by atoms with Gasteiger partial charge in [0.15, 0.2) is 0 Å². The number of aliphatic hydroxyl groups excluding tert-OH is 1. The molecule has 1 heterocycles. The van der Waals surface area contributed by atoms with E-state index in [9.17, 15) is 40.6 Å². The third-order valence-corrected chi connectivity index (χ3v) is 4.16. The van der Waals surface area contributed by atoms with Crippen LogP contribution >= 0.6 is 11.6 Å². The van der Waals surface area contributed by atoms with Crippen molar-refractivity contribution in [2.45, 2.75) is 32.0 Å². The molecule has 0 saturated carbocycles. The predicted molar refractivity (Wildman–Crippen MR) is 93.7 cm³/mol. The molecular formula is C18H14ClF7N2O3. The third kappa shape index (κ3) is 6.69. The lowest BCUT2D eigenvalue weighted by Gasteiger charge is -2.17. The van der Waals surface area contributed by atoms with E-state index in [2.05, 4.69) is 4.98 Å². The zero-order chi connectivity index (χ0) is 23.4. The van der Waals surface area contributed by atoms with Crippen molar-refractivity contribution in [3.8, 4) is 5.88 Å². The van der Waals surface area contributed by atoms with Crippen molar-refractivity contribution in [3.05, 3.63) is 57.5 Å². The highest BCUT2D eigenvalue weighted by atomic mass is 35.5. The van der Waals surface area contributed by atoms with E-state index >= 15 is 0 Å². The van der Waals surface area contributed by atoms with E-state index in [1.807, 2.05) is 0 Å². The van der Waals surface area contributed by atoms with Crippen LogP contribution in [0.15, 0.2) is 24.3 Å². The second-order valence-electron chi connectivity index (χ2n) is 6.13. The van der Waals surface area contributed by atoms with Crippen molar-refractivity contribution in [2.75, 3.05) is 6.54 Å². The number of aromatic nitrogens is 1. The molecule has 13 heteroatoms. The normalized spacial score (nSPS) is 12.0. The summed E-state index contributed by atoms with van der Waals surface area (Å²) in [6, 6.07) is 4.00. The molecule has 2 N–H and O–H groups in total. The Morgan fingerprint density at radius 2 is 1.81 bits per heavy atom. The van der Waals surface area contributed by atoms with Crippen LogP contribution < -0.4 is 10.1 Å². The molecule has 0 spiro atoms. The molecule has 0 aliphatic rings. The van der Waals surface area contributed by atoms with E-state index in [1.165, 1.54) is 17.4 Å². The topological polar surface area (TPSA) is 71.5 Å². The molecule has 1 aromatic heterocycles. The molecule has 31 heavy (non-hydrogen) atoms. The van der Waals surface area contributed by atoms with Gasteiger partial charge in [-0.15, -0.1) is 0 Å². The molecular weight excluding hydrogens is 461 g/mol. The molecule has 0 radical (unpaired) electrons. The molecule has 1 aromatic carbocycles. The molecule has 0 bridgehead atoms. The lowest BCUT2D eigenvalue weighted by Crippen LogP contribution is -2.37. The van der Waals surface area contributed by atoms with Gasteiger partial charge < -0.3 is 15.2 Å². The fourth-order valence-electron chi connectivity index (χ4n) is 2.44. The molecule has 170 valence electrons. The smallest absolute Gasteiger partial charge is 0.471 e. The number of rotatable bonds is 7. The second-order valence-corrected chi connectivity index (χ2v) is 6.57. The molecule has 0 aliphatic carbocycles. The maximum absolute atomic E-state index is 13.8. The SMILES string of the molecule is O=C(NCCc1cc(C(F)(F)F)c(OCc2ccc(Cl)cc2F)nc1CO)C(F)(F)F. The standard InChI is InChI=1S/C18H14ClF7N2O3/c19-11-2-1-10(13(20)6-11)8-31-15-12(17(21,22)23)5-9(14(7-29)28-15)3-4-27-16(30)18(24,25)26/h1-2,5-6,29H,3-4,7-8H2,(H,27,30). The number of amides is 1. The van der Waals surface area contributed by atoms with Gasteiger partial charge in [0.25, 0.3) is 0 Å². The highest BCUT2D eigenvalue weighted by Gasteiger charge is 2.39. The summed E-state index contributed by atoms with van der Waals surface area (Å²) < 4.78 is 95.8.